The summed E-state index contributed by atoms with van der Waals surface area (Å²) in [5.74, 6) is 0.885. The topological polar surface area (TPSA) is 45.7 Å². The average molecular weight is 332 g/mol. The molecule has 2 aliphatic rings. The van der Waals surface area contributed by atoms with Crippen molar-refractivity contribution in [2.24, 2.45) is 0 Å². The van der Waals surface area contributed by atoms with Gasteiger partial charge in [-0.05, 0) is 31.0 Å². The Morgan fingerprint density at radius 2 is 2.13 bits per heavy atom. The Morgan fingerprint density at radius 1 is 1.26 bits per heavy atom. The van der Waals surface area contributed by atoms with E-state index in [9.17, 15) is 4.79 Å². The summed E-state index contributed by atoms with van der Waals surface area (Å²) < 4.78 is 5.66. The van der Waals surface area contributed by atoms with E-state index in [0.29, 0.717) is 18.1 Å². The van der Waals surface area contributed by atoms with Crippen LogP contribution in [0.2, 0.25) is 5.02 Å². The zero-order valence-corrected chi connectivity index (χ0v) is 13.7. The average Bonchev–Trinajstić information content (AvgIpc) is 2.81. The maximum Gasteiger partial charge on any atom is 0.410 e. The van der Waals surface area contributed by atoms with Crippen molar-refractivity contribution in [1.29, 1.82) is 0 Å². The lowest BCUT2D eigenvalue weighted by molar-refractivity contribution is 0.0445. The number of halogens is 1. The van der Waals surface area contributed by atoms with E-state index in [1.807, 2.05) is 30.3 Å². The van der Waals surface area contributed by atoms with Crippen LogP contribution in [0.4, 0.5) is 10.6 Å². The molecule has 1 spiro atoms. The second-order valence-corrected chi connectivity index (χ2v) is 6.82. The van der Waals surface area contributed by atoms with Crippen LogP contribution < -0.4 is 4.90 Å². The molecule has 3 heterocycles. The van der Waals surface area contributed by atoms with Gasteiger partial charge in [0.2, 0.25) is 0 Å². The number of carbonyl (C=O) groups is 1. The Morgan fingerprint density at radius 3 is 2.91 bits per heavy atom. The lowest BCUT2D eigenvalue weighted by Crippen LogP contribution is -2.50. The Balaban J connectivity index is 1.65. The Bertz CT molecular complexity index is 782. The first-order valence-electron chi connectivity index (χ1n) is 7.81. The molecule has 1 atom stereocenters. The van der Waals surface area contributed by atoms with Gasteiger partial charge in [-0.25, -0.2) is 9.78 Å². The fraction of sp³-hybridized carbons (Fsp3) is 0.412. The van der Waals surface area contributed by atoms with Crippen LogP contribution in [0.5, 0.6) is 0 Å². The molecule has 1 amide bonds. The van der Waals surface area contributed by atoms with Crippen LogP contribution in [0.1, 0.15) is 12.8 Å². The molecule has 5 nitrogen and oxygen atoms in total. The lowest BCUT2D eigenvalue weighted by atomic mass is 9.93. The normalized spacial score (nSPS) is 24.5. The molecule has 23 heavy (non-hydrogen) atoms. The highest BCUT2D eigenvalue weighted by Crippen LogP contribution is 2.34. The van der Waals surface area contributed by atoms with Gasteiger partial charge < -0.3 is 14.5 Å². The number of fused-ring (bicyclic) bond motifs is 1. The number of benzene rings is 1. The summed E-state index contributed by atoms with van der Waals surface area (Å²) in [6.45, 7) is 2.22. The number of ether oxygens (including phenoxy) is 1. The zero-order valence-electron chi connectivity index (χ0n) is 13.0. The molecule has 0 radical (unpaired) electrons. The largest absolute Gasteiger partial charge is 0.439 e. The summed E-state index contributed by atoms with van der Waals surface area (Å²) in [4.78, 5) is 20.3. The molecular weight excluding hydrogens is 314 g/mol. The van der Waals surface area contributed by atoms with E-state index in [2.05, 4.69) is 4.90 Å². The molecule has 6 heteroatoms. The van der Waals surface area contributed by atoms with Gasteiger partial charge in [-0.2, -0.15) is 0 Å². The summed E-state index contributed by atoms with van der Waals surface area (Å²) in [5.41, 5.74) is 0.396. The summed E-state index contributed by atoms with van der Waals surface area (Å²) in [5, 5.41) is 1.68. The third kappa shape index (κ3) is 2.49. The van der Waals surface area contributed by atoms with Crippen LogP contribution in [-0.2, 0) is 4.74 Å². The van der Waals surface area contributed by atoms with Crippen molar-refractivity contribution in [3.63, 3.8) is 0 Å². The van der Waals surface area contributed by atoms with Crippen molar-refractivity contribution < 1.29 is 9.53 Å². The minimum atomic E-state index is -0.415. The molecule has 2 aromatic rings. The predicted molar refractivity (Wildman–Crippen MR) is 90.0 cm³/mol. The Labute approximate surface area is 139 Å². The van der Waals surface area contributed by atoms with Gasteiger partial charge in [0, 0.05) is 19.0 Å². The van der Waals surface area contributed by atoms with Crippen molar-refractivity contribution in [1.82, 2.24) is 9.88 Å². The van der Waals surface area contributed by atoms with Crippen LogP contribution in [0, 0.1) is 0 Å². The quantitative estimate of drug-likeness (QED) is 0.804. The number of likely N-dealkylation sites (N-methyl/N-ethyl adjacent to an activating group) is 1. The third-order valence-corrected chi connectivity index (χ3v) is 4.97. The van der Waals surface area contributed by atoms with Gasteiger partial charge in [-0.15, -0.1) is 0 Å². The molecule has 2 saturated heterocycles. The van der Waals surface area contributed by atoms with Crippen molar-refractivity contribution >= 4 is 34.4 Å². The number of pyridine rings is 1. The van der Waals surface area contributed by atoms with Crippen molar-refractivity contribution in [2.75, 3.05) is 31.6 Å². The van der Waals surface area contributed by atoms with E-state index < -0.39 is 5.60 Å². The summed E-state index contributed by atoms with van der Waals surface area (Å²) >= 11 is 6.27. The predicted octanol–water partition coefficient (Wildman–Crippen LogP) is 3.31. The maximum atomic E-state index is 11.8. The Hall–Kier alpha value is -2.01. The molecule has 120 valence electrons. The fourth-order valence-electron chi connectivity index (χ4n) is 3.57. The van der Waals surface area contributed by atoms with Gasteiger partial charge in [0.1, 0.15) is 11.4 Å². The molecule has 0 N–H and O–H groups in total. The van der Waals surface area contributed by atoms with E-state index in [-0.39, 0.29) is 6.09 Å². The van der Waals surface area contributed by atoms with Crippen molar-refractivity contribution in [3.05, 3.63) is 35.4 Å². The standard InChI is InChI=1S/C17H18ClN3O2/c1-20-10-17(23-16(20)22)8-3-9-21(11-17)14-7-6-12-4-2-5-13(18)15(12)19-14/h2,4-7H,3,8-11H2,1H3/t17-/m0/s1. The number of anilines is 1. The van der Waals surface area contributed by atoms with Crippen LogP contribution in [0.25, 0.3) is 10.9 Å². The van der Waals surface area contributed by atoms with E-state index in [1.165, 1.54) is 0 Å². The number of hydrogen-bond donors (Lipinski definition) is 0. The van der Waals surface area contributed by atoms with E-state index in [4.69, 9.17) is 21.3 Å². The summed E-state index contributed by atoms with van der Waals surface area (Å²) in [6, 6.07) is 9.83. The fourth-order valence-corrected chi connectivity index (χ4v) is 3.80. The van der Waals surface area contributed by atoms with Gasteiger partial charge in [0.05, 0.1) is 23.6 Å². The van der Waals surface area contributed by atoms with Crippen molar-refractivity contribution in [2.45, 2.75) is 18.4 Å². The number of carbonyl (C=O) groups excluding carboxylic acids is 1. The first kappa shape index (κ1) is 14.6. The van der Waals surface area contributed by atoms with E-state index in [0.717, 1.165) is 36.1 Å². The highest BCUT2D eigenvalue weighted by molar-refractivity contribution is 6.35. The zero-order chi connectivity index (χ0) is 16.0. The highest BCUT2D eigenvalue weighted by Gasteiger charge is 2.46. The van der Waals surface area contributed by atoms with Crippen LogP contribution in [0.15, 0.2) is 30.3 Å². The number of aromatic nitrogens is 1. The summed E-state index contributed by atoms with van der Waals surface area (Å²) in [6.07, 6.45) is 1.64. The number of hydrogen-bond acceptors (Lipinski definition) is 4. The van der Waals surface area contributed by atoms with Gasteiger partial charge in [-0.1, -0.05) is 23.7 Å². The third-order valence-electron chi connectivity index (χ3n) is 4.66. The Kier molecular flexibility index (Phi) is 3.34. The molecule has 0 saturated carbocycles. The molecule has 2 fully saturated rings. The maximum absolute atomic E-state index is 11.8. The second-order valence-electron chi connectivity index (χ2n) is 6.41. The van der Waals surface area contributed by atoms with Gasteiger partial charge in [0.25, 0.3) is 0 Å². The first-order chi connectivity index (χ1) is 11.1. The van der Waals surface area contributed by atoms with Crippen molar-refractivity contribution in [3.8, 4) is 0 Å². The molecule has 0 bridgehead atoms. The minimum Gasteiger partial charge on any atom is -0.439 e. The van der Waals surface area contributed by atoms with Gasteiger partial charge >= 0.3 is 6.09 Å². The lowest BCUT2D eigenvalue weighted by Gasteiger charge is -2.39. The highest BCUT2D eigenvalue weighted by atomic mass is 35.5. The number of rotatable bonds is 1. The van der Waals surface area contributed by atoms with Gasteiger partial charge in [-0.3, -0.25) is 0 Å². The SMILES string of the molecule is CN1C[C@]2(CCCN(c3ccc4cccc(Cl)c4n3)C2)OC1=O. The van der Waals surface area contributed by atoms with Crippen LogP contribution in [-0.4, -0.2) is 48.3 Å². The molecule has 4 rings (SSSR count). The number of para-hydroxylation sites is 1. The number of amides is 1. The van der Waals surface area contributed by atoms with Gasteiger partial charge in [0.15, 0.2) is 0 Å². The van der Waals surface area contributed by atoms with Crippen LogP contribution in [0.3, 0.4) is 0 Å². The molecule has 1 aromatic carbocycles. The molecule has 0 aliphatic carbocycles. The monoisotopic (exact) mass is 331 g/mol. The second kappa shape index (κ2) is 5.27. The molecular formula is C17H18ClN3O2. The van der Waals surface area contributed by atoms with Crippen LogP contribution >= 0.6 is 11.6 Å². The smallest absolute Gasteiger partial charge is 0.410 e. The first-order valence-corrected chi connectivity index (χ1v) is 8.19. The number of piperidine rings is 1. The molecule has 1 aromatic heterocycles. The molecule has 2 aliphatic heterocycles. The van der Waals surface area contributed by atoms with E-state index in [1.54, 1.807) is 11.9 Å². The molecule has 0 unspecified atom stereocenters. The summed E-state index contributed by atoms with van der Waals surface area (Å²) in [7, 11) is 1.78. The number of nitrogens with zero attached hydrogens (tertiary/aromatic N) is 3. The van der Waals surface area contributed by atoms with E-state index >= 15 is 0 Å². The minimum absolute atomic E-state index is 0.235.